The van der Waals surface area contributed by atoms with Crippen LogP contribution in [0.4, 0.5) is 0 Å². The van der Waals surface area contributed by atoms with Gasteiger partial charge in [-0.3, -0.25) is 5.10 Å². The summed E-state index contributed by atoms with van der Waals surface area (Å²) in [6.07, 6.45) is 6.67. The lowest BCUT2D eigenvalue weighted by Gasteiger charge is -1.95. The Morgan fingerprint density at radius 3 is 2.75 bits per heavy atom. The Morgan fingerprint density at radius 1 is 1.12 bits per heavy atom. The number of fused-ring (bicyclic) bond motifs is 1. The summed E-state index contributed by atoms with van der Waals surface area (Å²) in [6, 6.07) is 1.97. The Labute approximate surface area is 99.1 Å². The lowest BCUT2D eigenvalue weighted by Crippen LogP contribution is -1.82. The second-order valence-corrected chi connectivity index (χ2v) is 4.16. The lowest BCUT2D eigenvalue weighted by atomic mass is 10.2. The van der Waals surface area contributed by atoms with E-state index in [1.165, 1.54) is 6.33 Å². The van der Waals surface area contributed by atoms with Crippen LogP contribution in [0.5, 0.6) is 0 Å². The molecule has 0 bridgehead atoms. The van der Waals surface area contributed by atoms with E-state index < -0.39 is 0 Å². The maximum atomic E-state index is 4.22. The molecule has 3 rings (SSSR count). The lowest BCUT2D eigenvalue weighted by molar-refractivity contribution is 1.09. The van der Waals surface area contributed by atoms with E-state index in [4.69, 9.17) is 0 Å². The van der Waals surface area contributed by atoms with Crippen LogP contribution in [0.2, 0.25) is 0 Å². The number of hydrogen-bond acceptors (Lipinski definition) is 4. The van der Waals surface area contributed by atoms with E-state index in [0.29, 0.717) is 0 Å². The molecule has 3 heterocycles. The van der Waals surface area contributed by atoms with Crippen LogP contribution in [0, 0.1) is 0 Å². The maximum Gasteiger partial charge on any atom is 0.155 e. The molecule has 0 aliphatic carbocycles. The van der Waals surface area contributed by atoms with E-state index in [1.807, 2.05) is 6.07 Å². The third kappa shape index (κ3) is 1.47. The smallest absolute Gasteiger partial charge is 0.155 e. The second kappa shape index (κ2) is 3.64. The van der Waals surface area contributed by atoms with Gasteiger partial charge < -0.3 is 0 Å². The number of hydrogen-bond donors (Lipinski definition) is 1. The van der Waals surface area contributed by atoms with Gasteiger partial charge >= 0.3 is 0 Å². The highest BCUT2D eigenvalue weighted by molar-refractivity contribution is 9.10. The van der Waals surface area contributed by atoms with Crippen LogP contribution in [0.15, 0.2) is 35.5 Å². The predicted molar refractivity (Wildman–Crippen MR) is 62.6 cm³/mol. The minimum Gasteiger partial charge on any atom is -0.260 e. The summed E-state index contributed by atoms with van der Waals surface area (Å²) in [5.74, 6) is 0. The van der Waals surface area contributed by atoms with Gasteiger partial charge in [0.2, 0.25) is 0 Å². The fourth-order valence-electron chi connectivity index (χ4n) is 1.52. The van der Waals surface area contributed by atoms with Crippen LogP contribution >= 0.6 is 15.9 Å². The quantitative estimate of drug-likeness (QED) is 0.739. The molecular weight excluding hydrogens is 270 g/mol. The number of nitrogens with one attached hydrogen (secondary N) is 1. The highest BCUT2D eigenvalue weighted by Crippen LogP contribution is 2.25. The predicted octanol–water partition coefficient (Wildman–Crippen LogP) is 2.18. The van der Waals surface area contributed by atoms with Crippen molar-refractivity contribution in [2.45, 2.75) is 0 Å². The van der Waals surface area contributed by atoms with Crippen LogP contribution < -0.4 is 0 Å². The van der Waals surface area contributed by atoms with Gasteiger partial charge in [0.15, 0.2) is 5.65 Å². The molecule has 0 saturated carbocycles. The molecule has 0 saturated heterocycles. The molecule has 0 radical (unpaired) electrons. The summed E-state index contributed by atoms with van der Waals surface area (Å²) in [5, 5.41) is 8.04. The summed E-state index contributed by atoms with van der Waals surface area (Å²) in [4.78, 5) is 12.2. The van der Waals surface area contributed by atoms with Gasteiger partial charge in [-0.05, 0) is 22.0 Å². The van der Waals surface area contributed by atoms with Crippen LogP contribution in [0.3, 0.4) is 0 Å². The first-order valence-corrected chi connectivity index (χ1v) is 5.39. The number of nitrogens with zero attached hydrogens (tertiary/aromatic N) is 4. The molecule has 0 unspecified atom stereocenters. The van der Waals surface area contributed by atoms with Crippen molar-refractivity contribution in [2.75, 3.05) is 0 Å². The van der Waals surface area contributed by atoms with Crippen LogP contribution in [0.1, 0.15) is 0 Å². The molecule has 78 valence electrons. The average molecular weight is 276 g/mol. The van der Waals surface area contributed by atoms with Gasteiger partial charge in [0.1, 0.15) is 12.0 Å². The fraction of sp³-hybridized carbons (Fsp3) is 0. The Balaban J connectivity index is 2.29. The molecule has 0 amide bonds. The monoisotopic (exact) mass is 275 g/mol. The highest BCUT2D eigenvalue weighted by atomic mass is 79.9. The van der Waals surface area contributed by atoms with Gasteiger partial charge in [-0.2, -0.15) is 5.10 Å². The fourth-order valence-corrected chi connectivity index (χ4v) is 1.85. The third-order valence-corrected chi connectivity index (χ3v) is 2.65. The first kappa shape index (κ1) is 9.41. The van der Waals surface area contributed by atoms with Gasteiger partial charge in [-0.15, -0.1) is 0 Å². The summed E-state index contributed by atoms with van der Waals surface area (Å²) >= 11 is 3.39. The minimum absolute atomic E-state index is 0.752. The number of pyridine rings is 1. The number of rotatable bonds is 1. The largest absolute Gasteiger partial charge is 0.260 e. The molecule has 5 nitrogen and oxygen atoms in total. The molecule has 3 aromatic heterocycles. The van der Waals surface area contributed by atoms with Gasteiger partial charge in [0.25, 0.3) is 0 Å². The van der Waals surface area contributed by atoms with Crippen molar-refractivity contribution in [3.05, 3.63) is 35.5 Å². The van der Waals surface area contributed by atoms with Crippen molar-refractivity contribution >= 4 is 27.0 Å². The molecule has 0 fully saturated rings. The van der Waals surface area contributed by atoms with E-state index in [1.54, 1.807) is 18.6 Å². The number of halogens is 1. The molecular formula is C10H6BrN5. The molecule has 0 aromatic carbocycles. The van der Waals surface area contributed by atoms with Crippen molar-refractivity contribution in [1.82, 2.24) is 25.1 Å². The number of aromatic amines is 1. The number of H-pyrrole nitrogens is 1. The SMILES string of the molecule is Brc1cnc2[nH]nc(-c3cncnc3)c2c1. The van der Waals surface area contributed by atoms with Crippen molar-refractivity contribution < 1.29 is 0 Å². The Morgan fingerprint density at radius 2 is 1.94 bits per heavy atom. The van der Waals surface area contributed by atoms with E-state index in [-0.39, 0.29) is 0 Å². The van der Waals surface area contributed by atoms with Crippen molar-refractivity contribution in [3.63, 3.8) is 0 Å². The molecule has 0 spiro atoms. The summed E-state index contributed by atoms with van der Waals surface area (Å²) in [6.45, 7) is 0. The summed E-state index contributed by atoms with van der Waals surface area (Å²) in [5.41, 5.74) is 2.43. The van der Waals surface area contributed by atoms with E-state index in [0.717, 1.165) is 26.8 Å². The van der Waals surface area contributed by atoms with Gasteiger partial charge in [0.05, 0.1) is 0 Å². The topological polar surface area (TPSA) is 67.3 Å². The zero-order valence-electron chi connectivity index (χ0n) is 8.05. The summed E-state index contributed by atoms with van der Waals surface area (Å²) in [7, 11) is 0. The Bertz CT molecular complexity index is 634. The van der Waals surface area contributed by atoms with Gasteiger partial charge in [-0.25, -0.2) is 15.0 Å². The van der Waals surface area contributed by atoms with E-state index in [2.05, 4.69) is 41.1 Å². The second-order valence-electron chi connectivity index (χ2n) is 3.25. The van der Waals surface area contributed by atoms with Crippen molar-refractivity contribution in [3.8, 4) is 11.3 Å². The Kier molecular flexibility index (Phi) is 2.14. The van der Waals surface area contributed by atoms with Crippen LogP contribution in [-0.2, 0) is 0 Å². The standard InChI is InChI=1S/C10H6BrN5/c11-7-1-8-9(6-2-12-5-13-3-6)15-16-10(8)14-4-7/h1-5H,(H,14,15,16). The van der Waals surface area contributed by atoms with Crippen LogP contribution in [-0.4, -0.2) is 25.1 Å². The van der Waals surface area contributed by atoms with Crippen molar-refractivity contribution in [2.24, 2.45) is 0 Å². The normalized spacial score (nSPS) is 10.8. The number of aromatic nitrogens is 5. The minimum atomic E-state index is 0.752. The molecule has 1 N–H and O–H groups in total. The maximum absolute atomic E-state index is 4.22. The van der Waals surface area contributed by atoms with Crippen LogP contribution in [0.25, 0.3) is 22.3 Å². The average Bonchev–Trinajstić information content (AvgIpc) is 2.73. The van der Waals surface area contributed by atoms with Gasteiger partial charge in [-0.1, -0.05) is 0 Å². The zero-order chi connectivity index (χ0) is 11.0. The molecule has 6 heteroatoms. The highest BCUT2D eigenvalue weighted by Gasteiger charge is 2.09. The molecule has 16 heavy (non-hydrogen) atoms. The molecule has 0 atom stereocenters. The molecule has 3 aromatic rings. The van der Waals surface area contributed by atoms with Crippen molar-refractivity contribution in [1.29, 1.82) is 0 Å². The van der Waals surface area contributed by atoms with E-state index in [9.17, 15) is 0 Å². The van der Waals surface area contributed by atoms with E-state index >= 15 is 0 Å². The van der Waals surface area contributed by atoms with Gasteiger partial charge in [0, 0.05) is 34.0 Å². The third-order valence-electron chi connectivity index (χ3n) is 2.22. The first-order valence-electron chi connectivity index (χ1n) is 4.59. The summed E-state index contributed by atoms with van der Waals surface area (Å²) < 4.78 is 0.916. The first-order chi connectivity index (χ1) is 7.84. The Hall–Kier alpha value is -1.82. The molecule has 0 aliphatic heterocycles. The zero-order valence-corrected chi connectivity index (χ0v) is 9.64. The molecule has 0 aliphatic rings.